The van der Waals surface area contributed by atoms with Crippen LogP contribution in [0.25, 0.3) is 28.0 Å². The summed E-state index contributed by atoms with van der Waals surface area (Å²) in [6.45, 7) is 4.30. The topological polar surface area (TPSA) is 47.9 Å². The number of ether oxygens (including phenoxy) is 3. The standard InChI is InChI=1S/C37H30F2O4/c1-36(2)32-21-25(39)9-15-29(32)33-28-14-8-24(38)20-31(28)35-30(34(33)36)16-17-37(43-35,22-4-10-26(41-3)11-5-22)23-6-12-27(13-7-23)42-19-18-40/h4-17,20-21,40H,18-19H2,1-3H3. The minimum absolute atomic E-state index is 0.0824. The lowest BCUT2D eigenvalue weighted by atomic mass is 9.77. The van der Waals surface area contributed by atoms with Crippen molar-refractivity contribution in [2.75, 3.05) is 20.3 Å². The highest BCUT2D eigenvalue weighted by molar-refractivity contribution is 6.08. The van der Waals surface area contributed by atoms with E-state index >= 15 is 0 Å². The average molecular weight is 577 g/mol. The Kier molecular flexibility index (Phi) is 6.29. The van der Waals surface area contributed by atoms with Gasteiger partial charge in [0, 0.05) is 27.5 Å². The summed E-state index contributed by atoms with van der Waals surface area (Å²) in [5.74, 6) is 1.24. The summed E-state index contributed by atoms with van der Waals surface area (Å²) in [5, 5.41) is 10.7. The van der Waals surface area contributed by atoms with Gasteiger partial charge in [-0.25, -0.2) is 8.78 Å². The molecule has 7 rings (SSSR count). The lowest BCUT2D eigenvalue weighted by molar-refractivity contribution is 0.163. The molecule has 0 radical (unpaired) electrons. The van der Waals surface area contributed by atoms with Crippen LogP contribution < -0.4 is 14.2 Å². The molecule has 1 N–H and O–H groups in total. The third-order valence-electron chi connectivity index (χ3n) is 8.72. The Balaban J connectivity index is 1.49. The first-order valence-corrected chi connectivity index (χ1v) is 14.2. The van der Waals surface area contributed by atoms with Crippen LogP contribution in [-0.2, 0) is 11.0 Å². The number of hydrogen-bond donors (Lipinski definition) is 1. The number of aliphatic hydroxyl groups excluding tert-OH is 1. The van der Waals surface area contributed by atoms with Gasteiger partial charge in [-0.2, -0.15) is 0 Å². The molecular weight excluding hydrogens is 546 g/mol. The van der Waals surface area contributed by atoms with E-state index in [9.17, 15) is 13.9 Å². The molecule has 0 saturated carbocycles. The number of rotatable bonds is 6. The highest BCUT2D eigenvalue weighted by Crippen LogP contribution is 2.58. The number of benzene rings is 5. The van der Waals surface area contributed by atoms with Crippen molar-refractivity contribution < 1.29 is 28.1 Å². The maximum absolute atomic E-state index is 15.0. The van der Waals surface area contributed by atoms with Gasteiger partial charge in [0.2, 0.25) is 0 Å². The van der Waals surface area contributed by atoms with Crippen LogP contribution in [0.4, 0.5) is 8.78 Å². The summed E-state index contributed by atoms with van der Waals surface area (Å²) < 4.78 is 47.7. The number of methoxy groups -OCH3 is 1. The molecule has 1 aliphatic heterocycles. The van der Waals surface area contributed by atoms with Crippen LogP contribution in [0.5, 0.6) is 17.2 Å². The van der Waals surface area contributed by atoms with Crippen LogP contribution in [0.2, 0.25) is 0 Å². The van der Waals surface area contributed by atoms with Gasteiger partial charge in [-0.1, -0.05) is 56.3 Å². The molecular formula is C37H30F2O4. The fraction of sp³-hybridized carbons (Fsp3) is 0.189. The van der Waals surface area contributed by atoms with Crippen LogP contribution in [-0.4, -0.2) is 25.4 Å². The molecule has 0 fully saturated rings. The van der Waals surface area contributed by atoms with Crippen molar-refractivity contribution in [1.29, 1.82) is 0 Å². The maximum Gasteiger partial charge on any atom is 0.178 e. The van der Waals surface area contributed by atoms with E-state index in [-0.39, 0.29) is 24.8 Å². The smallest absolute Gasteiger partial charge is 0.178 e. The number of aliphatic hydroxyl groups is 1. The van der Waals surface area contributed by atoms with Crippen molar-refractivity contribution >= 4 is 16.8 Å². The predicted molar refractivity (Wildman–Crippen MR) is 164 cm³/mol. The van der Waals surface area contributed by atoms with Crippen LogP contribution in [0.3, 0.4) is 0 Å². The van der Waals surface area contributed by atoms with Crippen LogP contribution in [0.1, 0.15) is 41.7 Å². The second-order valence-corrected chi connectivity index (χ2v) is 11.5. The zero-order chi connectivity index (χ0) is 29.9. The molecule has 216 valence electrons. The first-order valence-electron chi connectivity index (χ1n) is 14.2. The lowest BCUT2D eigenvalue weighted by Crippen LogP contribution is -2.35. The number of fused-ring (bicyclic) bond motifs is 8. The Labute approximate surface area is 248 Å². The second kappa shape index (κ2) is 9.96. The van der Waals surface area contributed by atoms with E-state index in [0.29, 0.717) is 22.6 Å². The molecule has 0 spiro atoms. The SMILES string of the molecule is COc1ccc(C2(c3ccc(OCCO)cc3)C=Cc3c4c(c5ccc(F)cc5c3O2)-c2ccc(F)cc2C4(C)C)cc1. The first-order chi connectivity index (χ1) is 20.8. The van der Waals surface area contributed by atoms with E-state index in [0.717, 1.165) is 44.3 Å². The van der Waals surface area contributed by atoms with Gasteiger partial charge < -0.3 is 19.3 Å². The largest absolute Gasteiger partial charge is 0.497 e. The zero-order valence-electron chi connectivity index (χ0n) is 24.1. The van der Waals surface area contributed by atoms with Gasteiger partial charge in [-0.15, -0.1) is 0 Å². The summed E-state index contributed by atoms with van der Waals surface area (Å²) in [7, 11) is 1.62. The van der Waals surface area contributed by atoms with E-state index in [4.69, 9.17) is 14.2 Å². The van der Waals surface area contributed by atoms with Gasteiger partial charge in [0.15, 0.2) is 5.60 Å². The summed E-state index contributed by atoms with van der Waals surface area (Å²) in [6, 6.07) is 24.9. The highest BCUT2D eigenvalue weighted by atomic mass is 19.1. The zero-order valence-corrected chi connectivity index (χ0v) is 24.1. The van der Waals surface area contributed by atoms with E-state index < -0.39 is 11.0 Å². The minimum Gasteiger partial charge on any atom is -0.497 e. The predicted octanol–water partition coefficient (Wildman–Crippen LogP) is 8.15. The summed E-state index contributed by atoms with van der Waals surface area (Å²) in [5.41, 5.74) is 4.78. The van der Waals surface area contributed by atoms with Gasteiger partial charge in [0.05, 0.1) is 13.7 Å². The van der Waals surface area contributed by atoms with Gasteiger partial charge in [0.25, 0.3) is 0 Å². The Morgan fingerprint density at radius 2 is 1.44 bits per heavy atom. The van der Waals surface area contributed by atoms with Crippen LogP contribution in [0.15, 0.2) is 91.0 Å². The molecule has 0 aromatic heterocycles. The van der Waals surface area contributed by atoms with Crippen molar-refractivity contribution in [2.45, 2.75) is 24.9 Å². The molecule has 0 amide bonds. The minimum atomic E-state index is -1.07. The summed E-state index contributed by atoms with van der Waals surface area (Å²) in [6.07, 6.45) is 4.10. The maximum atomic E-state index is 15.0. The molecule has 1 unspecified atom stereocenters. The Morgan fingerprint density at radius 1 is 0.791 bits per heavy atom. The Hall–Kier alpha value is -4.68. The van der Waals surface area contributed by atoms with Gasteiger partial charge in [0.1, 0.15) is 35.5 Å². The molecule has 43 heavy (non-hydrogen) atoms. The quantitative estimate of drug-likeness (QED) is 0.222. The molecule has 4 nitrogen and oxygen atoms in total. The number of halogens is 2. The summed E-state index contributed by atoms with van der Waals surface area (Å²) >= 11 is 0. The van der Waals surface area contributed by atoms with Gasteiger partial charge in [-0.3, -0.25) is 0 Å². The molecule has 1 aliphatic carbocycles. The van der Waals surface area contributed by atoms with Gasteiger partial charge in [-0.05, 0) is 82.2 Å². The third kappa shape index (κ3) is 4.12. The van der Waals surface area contributed by atoms with E-state index in [1.807, 2.05) is 60.7 Å². The summed E-state index contributed by atoms with van der Waals surface area (Å²) in [4.78, 5) is 0. The van der Waals surface area contributed by atoms with Crippen LogP contribution >= 0.6 is 0 Å². The van der Waals surface area contributed by atoms with Crippen molar-refractivity contribution in [3.8, 4) is 28.4 Å². The Bertz CT molecular complexity index is 1910. The van der Waals surface area contributed by atoms with Crippen molar-refractivity contribution in [1.82, 2.24) is 0 Å². The lowest BCUT2D eigenvalue weighted by Gasteiger charge is -2.38. The molecule has 0 bridgehead atoms. The first kappa shape index (κ1) is 27.2. The van der Waals surface area contributed by atoms with E-state index in [2.05, 4.69) is 19.9 Å². The molecule has 5 aromatic rings. The van der Waals surface area contributed by atoms with E-state index in [1.165, 1.54) is 18.2 Å². The monoisotopic (exact) mass is 576 g/mol. The van der Waals surface area contributed by atoms with E-state index in [1.54, 1.807) is 19.2 Å². The van der Waals surface area contributed by atoms with Crippen molar-refractivity contribution in [2.24, 2.45) is 0 Å². The van der Waals surface area contributed by atoms with Crippen LogP contribution in [0, 0.1) is 11.6 Å². The fourth-order valence-corrected chi connectivity index (χ4v) is 6.71. The normalized spacial score (nSPS) is 17.6. The molecule has 1 heterocycles. The average Bonchev–Trinajstić information content (AvgIpc) is 3.26. The molecule has 6 heteroatoms. The Morgan fingerprint density at radius 3 is 2.12 bits per heavy atom. The number of hydrogen-bond acceptors (Lipinski definition) is 4. The van der Waals surface area contributed by atoms with Gasteiger partial charge >= 0.3 is 0 Å². The fourth-order valence-electron chi connectivity index (χ4n) is 6.71. The molecule has 0 saturated heterocycles. The third-order valence-corrected chi connectivity index (χ3v) is 8.72. The second-order valence-electron chi connectivity index (χ2n) is 11.5. The van der Waals surface area contributed by atoms with Crippen molar-refractivity contribution in [3.63, 3.8) is 0 Å². The molecule has 1 atom stereocenters. The van der Waals surface area contributed by atoms with Crippen molar-refractivity contribution in [3.05, 3.63) is 130 Å². The highest BCUT2D eigenvalue weighted by Gasteiger charge is 2.44. The molecule has 5 aromatic carbocycles. The molecule has 2 aliphatic rings.